The molecule has 1 heterocycles. The Morgan fingerprint density at radius 2 is 2.05 bits per heavy atom. The number of carboxylic acids is 1. The van der Waals surface area contributed by atoms with Gasteiger partial charge in [-0.1, -0.05) is 13.8 Å². The van der Waals surface area contributed by atoms with Crippen molar-refractivity contribution in [2.24, 2.45) is 5.41 Å². The number of hydrogen-bond donors (Lipinski definition) is 3. The summed E-state index contributed by atoms with van der Waals surface area (Å²) in [5.74, 6) is -1.18. The Morgan fingerprint density at radius 3 is 2.62 bits per heavy atom. The Balaban J connectivity index is 2.61. The van der Waals surface area contributed by atoms with Crippen molar-refractivity contribution in [2.75, 3.05) is 32.5 Å². The Hall–Kier alpha value is -2.15. The van der Waals surface area contributed by atoms with E-state index in [-0.39, 0.29) is 16.8 Å². The molecule has 0 spiro atoms. The van der Waals surface area contributed by atoms with Crippen LogP contribution in [-0.4, -0.2) is 54.2 Å². The molecule has 0 atom stereocenters. The lowest BCUT2D eigenvalue weighted by Crippen LogP contribution is -2.41. The van der Waals surface area contributed by atoms with Crippen molar-refractivity contribution in [2.45, 2.75) is 13.8 Å². The number of pyridine rings is 1. The third-order valence-electron chi connectivity index (χ3n) is 2.73. The highest BCUT2D eigenvalue weighted by Crippen LogP contribution is 2.15. The fourth-order valence-corrected chi connectivity index (χ4v) is 2.07. The van der Waals surface area contributed by atoms with Crippen LogP contribution in [-0.2, 0) is 0 Å². The number of nitrogens with one attached hydrogen (secondary N) is 2. The van der Waals surface area contributed by atoms with E-state index in [9.17, 15) is 9.59 Å². The molecule has 0 aliphatic heterocycles. The van der Waals surface area contributed by atoms with E-state index in [0.717, 1.165) is 6.54 Å². The molecule has 1 aromatic heterocycles. The van der Waals surface area contributed by atoms with Crippen LogP contribution in [0.15, 0.2) is 18.3 Å². The summed E-state index contributed by atoms with van der Waals surface area (Å²) in [5, 5.41) is 14.3. The average molecular weight is 294 g/mol. The van der Waals surface area contributed by atoms with Crippen molar-refractivity contribution in [3.8, 4) is 0 Å². The first-order chi connectivity index (χ1) is 9.71. The van der Waals surface area contributed by atoms with Crippen molar-refractivity contribution < 1.29 is 14.7 Å². The number of aromatic nitrogens is 1. The number of carbonyl (C=O) groups excluding carboxylic acids is 1. The Kier molecular flexibility index (Phi) is 5.66. The molecule has 0 bridgehead atoms. The van der Waals surface area contributed by atoms with E-state index in [1.165, 1.54) is 12.3 Å². The van der Waals surface area contributed by atoms with Crippen molar-refractivity contribution in [3.05, 3.63) is 24.0 Å². The summed E-state index contributed by atoms with van der Waals surface area (Å²) in [7, 11) is 3.94. The van der Waals surface area contributed by atoms with Crippen LogP contribution in [0.4, 0.5) is 10.5 Å². The second-order valence-corrected chi connectivity index (χ2v) is 5.91. The molecule has 0 radical (unpaired) electrons. The van der Waals surface area contributed by atoms with Gasteiger partial charge in [0.05, 0.1) is 5.69 Å². The predicted molar refractivity (Wildman–Crippen MR) is 80.6 cm³/mol. The molecule has 0 aliphatic rings. The Labute approximate surface area is 124 Å². The van der Waals surface area contributed by atoms with Crippen molar-refractivity contribution in [3.63, 3.8) is 0 Å². The van der Waals surface area contributed by atoms with Crippen LogP contribution in [0.3, 0.4) is 0 Å². The molecular formula is C14H22N4O3. The first-order valence-electron chi connectivity index (χ1n) is 6.59. The van der Waals surface area contributed by atoms with Crippen LogP contribution in [0.1, 0.15) is 24.3 Å². The summed E-state index contributed by atoms with van der Waals surface area (Å²) in [4.78, 5) is 28.6. The van der Waals surface area contributed by atoms with Gasteiger partial charge in [-0.05, 0) is 31.6 Å². The fourth-order valence-electron chi connectivity index (χ4n) is 2.07. The molecule has 7 nitrogen and oxygen atoms in total. The highest BCUT2D eigenvalue weighted by molar-refractivity contribution is 5.98. The number of anilines is 1. The number of rotatable bonds is 6. The highest BCUT2D eigenvalue weighted by atomic mass is 16.4. The van der Waals surface area contributed by atoms with Gasteiger partial charge in [0.2, 0.25) is 0 Å². The second kappa shape index (κ2) is 7.03. The largest absolute Gasteiger partial charge is 0.476 e. The van der Waals surface area contributed by atoms with E-state index in [0.29, 0.717) is 6.54 Å². The first kappa shape index (κ1) is 16.9. The molecule has 0 saturated heterocycles. The van der Waals surface area contributed by atoms with Crippen LogP contribution in [0.25, 0.3) is 0 Å². The molecule has 0 aliphatic carbocycles. The number of nitrogens with zero attached hydrogens (tertiary/aromatic N) is 2. The maximum absolute atomic E-state index is 11.9. The monoisotopic (exact) mass is 294 g/mol. The summed E-state index contributed by atoms with van der Waals surface area (Å²) in [5.41, 5.74) is -0.0982. The van der Waals surface area contributed by atoms with Gasteiger partial charge in [0.25, 0.3) is 0 Å². The smallest absolute Gasteiger partial charge is 0.356 e. The van der Waals surface area contributed by atoms with Crippen molar-refractivity contribution >= 4 is 17.7 Å². The topological polar surface area (TPSA) is 94.6 Å². The lowest BCUT2D eigenvalue weighted by molar-refractivity contribution is 0.0691. The number of hydrogen-bond acceptors (Lipinski definition) is 4. The zero-order valence-electron chi connectivity index (χ0n) is 12.8. The normalized spacial score (nSPS) is 11.3. The van der Waals surface area contributed by atoms with E-state index < -0.39 is 12.0 Å². The molecule has 1 aromatic rings. The van der Waals surface area contributed by atoms with Gasteiger partial charge in [-0.25, -0.2) is 14.6 Å². The van der Waals surface area contributed by atoms with Gasteiger partial charge in [-0.15, -0.1) is 0 Å². The zero-order valence-corrected chi connectivity index (χ0v) is 12.8. The maximum Gasteiger partial charge on any atom is 0.356 e. The lowest BCUT2D eigenvalue weighted by Gasteiger charge is -2.28. The van der Waals surface area contributed by atoms with Crippen LogP contribution in [0, 0.1) is 5.41 Å². The molecule has 7 heteroatoms. The average Bonchev–Trinajstić information content (AvgIpc) is 2.35. The molecule has 0 aromatic carbocycles. The minimum Gasteiger partial charge on any atom is -0.476 e. The van der Waals surface area contributed by atoms with E-state index in [2.05, 4.69) is 15.6 Å². The van der Waals surface area contributed by atoms with Gasteiger partial charge < -0.3 is 20.6 Å². The van der Waals surface area contributed by atoms with Crippen molar-refractivity contribution in [1.29, 1.82) is 0 Å². The molecule has 0 saturated carbocycles. The first-order valence-corrected chi connectivity index (χ1v) is 6.59. The Bertz CT molecular complexity index is 515. The zero-order chi connectivity index (χ0) is 16.0. The lowest BCUT2D eigenvalue weighted by atomic mass is 9.93. The van der Waals surface area contributed by atoms with E-state index in [1.807, 2.05) is 32.8 Å². The number of carbonyl (C=O) groups is 2. The fraction of sp³-hybridized carbons (Fsp3) is 0.500. The molecular weight excluding hydrogens is 272 g/mol. The summed E-state index contributed by atoms with van der Waals surface area (Å²) >= 11 is 0. The van der Waals surface area contributed by atoms with Crippen LogP contribution < -0.4 is 10.6 Å². The van der Waals surface area contributed by atoms with Gasteiger partial charge in [-0.2, -0.15) is 0 Å². The van der Waals surface area contributed by atoms with E-state index in [1.54, 1.807) is 6.07 Å². The van der Waals surface area contributed by atoms with E-state index >= 15 is 0 Å². The van der Waals surface area contributed by atoms with E-state index in [4.69, 9.17) is 5.11 Å². The molecule has 2 amide bonds. The van der Waals surface area contributed by atoms with Gasteiger partial charge >= 0.3 is 12.0 Å². The number of carboxylic acid groups (broad SMARTS) is 1. The summed E-state index contributed by atoms with van der Waals surface area (Å²) in [6.45, 7) is 5.38. The van der Waals surface area contributed by atoms with Gasteiger partial charge in [-0.3, -0.25) is 0 Å². The second-order valence-electron chi connectivity index (χ2n) is 5.91. The summed E-state index contributed by atoms with van der Waals surface area (Å²) < 4.78 is 0. The summed E-state index contributed by atoms with van der Waals surface area (Å²) in [6, 6.07) is 2.62. The Morgan fingerprint density at radius 1 is 1.38 bits per heavy atom. The van der Waals surface area contributed by atoms with Gasteiger partial charge in [0.1, 0.15) is 0 Å². The molecule has 21 heavy (non-hydrogen) atoms. The summed E-state index contributed by atoms with van der Waals surface area (Å²) in [6.07, 6.45) is 1.37. The highest BCUT2D eigenvalue weighted by Gasteiger charge is 2.20. The van der Waals surface area contributed by atoms with Crippen LogP contribution >= 0.6 is 0 Å². The third kappa shape index (κ3) is 5.78. The molecule has 116 valence electrons. The third-order valence-corrected chi connectivity index (χ3v) is 2.73. The maximum atomic E-state index is 11.9. The van der Waals surface area contributed by atoms with Crippen LogP contribution in [0.5, 0.6) is 0 Å². The minimum absolute atomic E-state index is 0.0919. The quantitative estimate of drug-likeness (QED) is 0.739. The van der Waals surface area contributed by atoms with Crippen LogP contribution in [0.2, 0.25) is 0 Å². The predicted octanol–water partition coefficient (Wildman–Crippen LogP) is 1.49. The number of urea groups is 1. The van der Waals surface area contributed by atoms with Gasteiger partial charge in [0.15, 0.2) is 5.69 Å². The standard InChI is InChI=1S/C14H22N4O3/c1-14(2,9-18(3)4)8-16-13(21)17-10-6-5-7-15-11(10)12(19)20/h5-7H,8-9H2,1-4H3,(H,19,20)(H2,16,17,21). The molecule has 1 rings (SSSR count). The molecule has 0 unspecified atom stereocenters. The number of aromatic carboxylic acids is 1. The molecule has 0 fully saturated rings. The SMILES string of the molecule is CN(C)CC(C)(C)CNC(=O)Nc1cccnc1C(=O)O. The van der Waals surface area contributed by atoms with Crippen molar-refractivity contribution in [1.82, 2.24) is 15.2 Å². The molecule has 3 N–H and O–H groups in total. The van der Waals surface area contributed by atoms with Gasteiger partial charge in [0, 0.05) is 19.3 Å². The number of amides is 2. The minimum atomic E-state index is -1.18.